The van der Waals surface area contributed by atoms with Crippen LogP contribution in [0.25, 0.3) is 0 Å². The topological polar surface area (TPSA) is 47.0 Å². The van der Waals surface area contributed by atoms with Gasteiger partial charge in [-0.1, -0.05) is 20.8 Å². The molecule has 4 nitrogen and oxygen atoms in total. The highest BCUT2D eigenvalue weighted by molar-refractivity contribution is 5.31. The molecule has 0 amide bonds. The van der Waals surface area contributed by atoms with E-state index in [-0.39, 0.29) is 0 Å². The fraction of sp³-hybridized carbons (Fsp3) is 0.733. The van der Waals surface area contributed by atoms with Crippen molar-refractivity contribution in [2.24, 2.45) is 11.3 Å². The molecule has 0 aliphatic heterocycles. The van der Waals surface area contributed by atoms with Gasteiger partial charge in [0.2, 0.25) is 11.8 Å². The zero-order chi connectivity index (χ0) is 13.9. The second kappa shape index (κ2) is 5.76. The maximum atomic E-state index is 5.58. The first-order valence-corrected chi connectivity index (χ1v) is 7.28. The molecule has 0 radical (unpaired) electrons. The Morgan fingerprint density at radius 3 is 2.68 bits per heavy atom. The number of aryl methyl sites for hydroxylation is 1. The Bertz CT molecular complexity index is 427. The predicted octanol–water partition coefficient (Wildman–Crippen LogP) is 3.42. The second-order valence-corrected chi connectivity index (χ2v) is 5.89. The highest BCUT2D eigenvalue weighted by Gasteiger charge is 2.45. The predicted molar refractivity (Wildman–Crippen MR) is 77.5 cm³/mol. The Kier molecular flexibility index (Phi) is 4.27. The first-order chi connectivity index (χ1) is 9.05. The third-order valence-electron chi connectivity index (χ3n) is 4.00. The zero-order valence-electron chi connectivity index (χ0n) is 12.5. The monoisotopic (exact) mass is 263 g/mol. The lowest BCUT2D eigenvalue weighted by Gasteiger charge is -2.20. The van der Waals surface area contributed by atoms with E-state index < -0.39 is 0 Å². The van der Waals surface area contributed by atoms with Gasteiger partial charge in [-0.3, -0.25) is 0 Å². The van der Waals surface area contributed by atoms with Crippen LogP contribution in [-0.4, -0.2) is 23.1 Å². The van der Waals surface area contributed by atoms with Gasteiger partial charge in [-0.15, -0.1) is 0 Å². The molecule has 0 unspecified atom stereocenters. The molecule has 1 fully saturated rings. The van der Waals surface area contributed by atoms with Gasteiger partial charge >= 0.3 is 0 Å². The molecule has 106 valence electrons. The first-order valence-electron chi connectivity index (χ1n) is 7.28. The molecule has 0 spiro atoms. The van der Waals surface area contributed by atoms with Crippen LogP contribution in [0.3, 0.4) is 0 Å². The molecular formula is C15H25N3O. The second-order valence-electron chi connectivity index (χ2n) is 5.89. The smallest absolute Gasteiger partial charge is 0.226 e. The van der Waals surface area contributed by atoms with E-state index >= 15 is 0 Å². The minimum Gasteiger partial charge on any atom is -0.478 e. The number of nitrogens with zero attached hydrogens (tertiary/aromatic N) is 2. The highest BCUT2D eigenvalue weighted by atomic mass is 16.5. The summed E-state index contributed by atoms with van der Waals surface area (Å²) in [6.07, 6.45) is 3.60. The fourth-order valence-corrected chi connectivity index (χ4v) is 2.27. The normalized spacial score (nSPS) is 16.5. The fourth-order valence-electron chi connectivity index (χ4n) is 2.27. The largest absolute Gasteiger partial charge is 0.478 e. The van der Waals surface area contributed by atoms with Crippen LogP contribution in [-0.2, 0) is 0 Å². The van der Waals surface area contributed by atoms with E-state index in [1.54, 1.807) is 0 Å². The Morgan fingerprint density at radius 2 is 2.11 bits per heavy atom. The van der Waals surface area contributed by atoms with Crippen LogP contribution in [0.4, 0.5) is 5.95 Å². The summed E-state index contributed by atoms with van der Waals surface area (Å²) < 4.78 is 5.58. The van der Waals surface area contributed by atoms with Crippen molar-refractivity contribution < 1.29 is 4.74 Å². The Labute approximate surface area is 116 Å². The molecule has 1 aliphatic carbocycles. The minimum atomic E-state index is 0.456. The standard InChI is InChI=1S/C15H25N3O/c1-5-8-19-13-9-12(4)17-14(18-13)16-10-15(6-7-15)11(2)3/h9,11H,5-8,10H2,1-4H3,(H,16,17,18). The molecule has 19 heavy (non-hydrogen) atoms. The zero-order valence-corrected chi connectivity index (χ0v) is 12.5. The summed E-state index contributed by atoms with van der Waals surface area (Å²) in [5, 5.41) is 3.38. The number of anilines is 1. The lowest BCUT2D eigenvalue weighted by molar-refractivity contribution is 0.304. The summed E-state index contributed by atoms with van der Waals surface area (Å²) in [5.74, 6) is 2.07. The maximum absolute atomic E-state index is 5.58. The number of aromatic nitrogens is 2. The minimum absolute atomic E-state index is 0.456. The van der Waals surface area contributed by atoms with Crippen molar-refractivity contribution in [3.8, 4) is 5.88 Å². The van der Waals surface area contributed by atoms with E-state index in [1.807, 2.05) is 13.0 Å². The SMILES string of the molecule is CCCOc1cc(C)nc(NCC2(C(C)C)CC2)n1. The van der Waals surface area contributed by atoms with Gasteiger partial charge in [0.05, 0.1) is 6.61 Å². The summed E-state index contributed by atoms with van der Waals surface area (Å²) in [7, 11) is 0. The van der Waals surface area contributed by atoms with Gasteiger partial charge in [-0.05, 0) is 37.5 Å². The Morgan fingerprint density at radius 1 is 1.37 bits per heavy atom. The van der Waals surface area contributed by atoms with Crippen LogP contribution in [0.2, 0.25) is 0 Å². The molecule has 1 aromatic rings. The molecule has 0 aromatic carbocycles. The summed E-state index contributed by atoms with van der Waals surface area (Å²) in [5.41, 5.74) is 1.40. The van der Waals surface area contributed by atoms with E-state index in [4.69, 9.17) is 4.74 Å². The van der Waals surface area contributed by atoms with Gasteiger partial charge in [0.15, 0.2) is 0 Å². The van der Waals surface area contributed by atoms with Crippen LogP contribution in [0.15, 0.2) is 6.07 Å². The summed E-state index contributed by atoms with van der Waals surface area (Å²) in [6, 6.07) is 1.89. The summed E-state index contributed by atoms with van der Waals surface area (Å²) in [4.78, 5) is 8.85. The molecule has 4 heteroatoms. The maximum Gasteiger partial charge on any atom is 0.226 e. The Hall–Kier alpha value is -1.32. The van der Waals surface area contributed by atoms with Gasteiger partial charge in [0, 0.05) is 18.3 Å². The van der Waals surface area contributed by atoms with Crippen LogP contribution in [0.1, 0.15) is 45.7 Å². The third kappa shape index (κ3) is 3.58. The lowest BCUT2D eigenvalue weighted by Crippen LogP contribution is -2.22. The van der Waals surface area contributed by atoms with Crippen molar-refractivity contribution in [3.63, 3.8) is 0 Å². The van der Waals surface area contributed by atoms with Gasteiger partial charge < -0.3 is 10.1 Å². The highest BCUT2D eigenvalue weighted by Crippen LogP contribution is 2.51. The van der Waals surface area contributed by atoms with Crippen molar-refractivity contribution in [1.29, 1.82) is 0 Å². The third-order valence-corrected chi connectivity index (χ3v) is 4.00. The Balaban J connectivity index is 1.98. The molecule has 1 N–H and O–H groups in total. The summed E-state index contributed by atoms with van der Waals surface area (Å²) in [6.45, 7) is 10.3. The lowest BCUT2D eigenvalue weighted by atomic mass is 9.92. The van der Waals surface area contributed by atoms with E-state index in [0.29, 0.717) is 29.8 Å². The quantitative estimate of drug-likeness (QED) is 0.818. The molecule has 1 saturated carbocycles. The molecular weight excluding hydrogens is 238 g/mol. The molecule has 1 aliphatic rings. The van der Waals surface area contributed by atoms with E-state index in [2.05, 4.69) is 36.1 Å². The van der Waals surface area contributed by atoms with E-state index in [0.717, 1.165) is 18.7 Å². The van der Waals surface area contributed by atoms with Crippen LogP contribution >= 0.6 is 0 Å². The van der Waals surface area contributed by atoms with Crippen LogP contribution < -0.4 is 10.1 Å². The number of hydrogen-bond acceptors (Lipinski definition) is 4. The average molecular weight is 263 g/mol. The van der Waals surface area contributed by atoms with Crippen LogP contribution in [0, 0.1) is 18.3 Å². The molecule has 2 rings (SSSR count). The van der Waals surface area contributed by atoms with Gasteiger partial charge in [0.25, 0.3) is 0 Å². The van der Waals surface area contributed by atoms with Crippen LogP contribution in [0.5, 0.6) is 5.88 Å². The van der Waals surface area contributed by atoms with Crippen molar-refractivity contribution in [1.82, 2.24) is 9.97 Å². The number of ether oxygens (including phenoxy) is 1. The number of hydrogen-bond donors (Lipinski definition) is 1. The summed E-state index contributed by atoms with van der Waals surface area (Å²) >= 11 is 0. The van der Waals surface area contributed by atoms with E-state index in [9.17, 15) is 0 Å². The van der Waals surface area contributed by atoms with Gasteiger partial charge in [-0.25, -0.2) is 4.98 Å². The molecule has 0 saturated heterocycles. The van der Waals surface area contributed by atoms with Crippen molar-refractivity contribution >= 4 is 5.95 Å². The van der Waals surface area contributed by atoms with Crippen molar-refractivity contribution in [2.45, 2.75) is 47.0 Å². The first kappa shape index (κ1) is 14.1. The average Bonchev–Trinajstić information content (AvgIpc) is 3.14. The van der Waals surface area contributed by atoms with Crippen molar-refractivity contribution in [2.75, 3.05) is 18.5 Å². The molecule has 0 atom stereocenters. The number of rotatable bonds is 7. The van der Waals surface area contributed by atoms with Crippen molar-refractivity contribution in [3.05, 3.63) is 11.8 Å². The molecule has 1 aromatic heterocycles. The van der Waals surface area contributed by atoms with Gasteiger partial charge in [-0.2, -0.15) is 4.98 Å². The molecule has 0 bridgehead atoms. The van der Waals surface area contributed by atoms with E-state index in [1.165, 1.54) is 12.8 Å². The van der Waals surface area contributed by atoms with Gasteiger partial charge in [0.1, 0.15) is 0 Å². The molecule has 1 heterocycles. The number of nitrogens with one attached hydrogen (secondary N) is 1.